The Bertz CT molecular complexity index is 212. The predicted molar refractivity (Wildman–Crippen MR) is 59.6 cm³/mol. The van der Waals surface area contributed by atoms with E-state index < -0.39 is 5.60 Å². The molecule has 90 valence electrons. The van der Waals surface area contributed by atoms with E-state index in [1.165, 1.54) is 0 Å². The van der Waals surface area contributed by atoms with Gasteiger partial charge in [-0.1, -0.05) is 0 Å². The topological polar surface area (TPSA) is 58.6 Å². The third-order valence-corrected chi connectivity index (χ3v) is 2.35. The molecule has 0 atom stereocenters. The summed E-state index contributed by atoms with van der Waals surface area (Å²) in [7, 11) is 1.59. The van der Waals surface area contributed by atoms with Gasteiger partial charge in [0.2, 0.25) is 5.91 Å². The number of amides is 1. The van der Waals surface area contributed by atoms with E-state index in [4.69, 9.17) is 9.84 Å². The lowest BCUT2D eigenvalue weighted by Gasteiger charge is -2.28. The summed E-state index contributed by atoms with van der Waals surface area (Å²) in [4.78, 5) is 11.6. The number of hydrogen-bond acceptors (Lipinski definition) is 3. The van der Waals surface area contributed by atoms with E-state index >= 15 is 0 Å². The van der Waals surface area contributed by atoms with Crippen LogP contribution < -0.4 is 5.32 Å². The van der Waals surface area contributed by atoms with E-state index in [2.05, 4.69) is 5.32 Å². The molecule has 0 radical (unpaired) electrons. The maximum Gasteiger partial charge on any atom is 0.223 e. The van der Waals surface area contributed by atoms with Crippen LogP contribution in [0.25, 0.3) is 0 Å². The molecule has 2 N–H and O–H groups in total. The summed E-state index contributed by atoms with van der Waals surface area (Å²) in [5.74, 6) is -0.0553. The number of hydrogen-bond donors (Lipinski definition) is 2. The summed E-state index contributed by atoms with van der Waals surface area (Å²) >= 11 is 0. The predicted octanol–water partition coefficient (Wildman–Crippen LogP) is 1.08. The first-order valence-electron chi connectivity index (χ1n) is 5.19. The fraction of sp³-hybridized carbons (Fsp3) is 0.909. The largest absolute Gasteiger partial charge is 0.396 e. The summed E-state index contributed by atoms with van der Waals surface area (Å²) in [5, 5.41) is 11.7. The van der Waals surface area contributed by atoms with Gasteiger partial charge < -0.3 is 15.2 Å². The Morgan fingerprint density at radius 1 is 1.33 bits per heavy atom. The molecule has 0 aliphatic carbocycles. The summed E-state index contributed by atoms with van der Waals surface area (Å²) in [6, 6.07) is 0. The number of aliphatic hydroxyl groups excluding tert-OH is 1. The fourth-order valence-corrected chi connectivity index (χ4v) is 1.22. The number of ether oxygens (including phenoxy) is 1. The van der Waals surface area contributed by atoms with E-state index in [0.29, 0.717) is 12.8 Å². The molecular weight excluding hydrogens is 194 g/mol. The van der Waals surface area contributed by atoms with Gasteiger partial charge in [-0.25, -0.2) is 0 Å². The number of methoxy groups -OCH3 is 1. The van der Waals surface area contributed by atoms with Crippen LogP contribution in [-0.4, -0.2) is 35.9 Å². The molecule has 1 amide bonds. The second-order valence-electron chi connectivity index (χ2n) is 5.05. The molecule has 0 aliphatic rings. The number of nitrogens with one attached hydrogen (secondary N) is 1. The molecule has 0 saturated carbocycles. The SMILES string of the molecule is COC(C)(C)CC(=O)NC(C)(C)CCO. The molecule has 15 heavy (non-hydrogen) atoms. The quantitative estimate of drug-likeness (QED) is 0.700. The van der Waals surface area contributed by atoms with Crippen molar-refractivity contribution in [3.05, 3.63) is 0 Å². The van der Waals surface area contributed by atoms with Crippen molar-refractivity contribution in [2.45, 2.75) is 51.7 Å². The van der Waals surface area contributed by atoms with E-state index in [0.717, 1.165) is 0 Å². The van der Waals surface area contributed by atoms with Gasteiger partial charge in [0.05, 0.1) is 12.0 Å². The minimum atomic E-state index is -0.445. The Morgan fingerprint density at radius 3 is 2.27 bits per heavy atom. The third-order valence-electron chi connectivity index (χ3n) is 2.35. The molecule has 0 unspecified atom stereocenters. The van der Waals surface area contributed by atoms with Crippen molar-refractivity contribution >= 4 is 5.91 Å². The van der Waals surface area contributed by atoms with E-state index in [1.54, 1.807) is 7.11 Å². The van der Waals surface area contributed by atoms with Gasteiger partial charge in [-0.3, -0.25) is 4.79 Å². The molecule has 0 aliphatic heterocycles. The van der Waals surface area contributed by atoms with Crippen LogP contribution in [-0.2, 0) is 9.53 Å². The first kappa shape index (κ1) is 14.4. The van der Waals surface area contributed by atoms with Crippen molar-refractivity contribution < 1.29 is 14.6 Å². The fourth-order valence-electron chi connectivity index (χ4n) is 1.22. The van der Waals surface area contributed by atoms with E-state index in [-0.39, 0.29) is 18.1 Å². The van der Waals surface area contributed by atoms with Crippen molar-refractivity contribution in [2.75, 3.05) is 13.7 Å². The van der Waals surface area contributed by atoms with Crippen LogP contribution in [0, 0.1) is 0 Å². The number of rotatable bonds is 6. The molecule has 0 rings (SSSR count). The van der Waals surface area contributed by atoms with Crippen LogP contribution in [0.3, 0.4) is 0 Å². The Morgan fingerprint density at radius 2 is 1.87 bits per heavy atom. The van der Waals surface area contributed by atoms with Gasteiger partial charge >= 0.3 is 0 Å². The zero-order chi connectivity index (χ0) is 12.1. The molecule has 0 bridgehead atoms. The minimum Gasteiger partial charge on any atom is -0.396 e. The molecule has 0 aromatic heterocycles. The average molecular weight is 217 g/mol. The van der Waals surface area contributed by atoms with E-state index in [1.807, 2.05) is 27.7 Å². The molecule has 0 fully saturated rings. The highest BCUT2D eigenvalue weighted by Crippen LogP contribution is 2.14. The van der Waals surface area contributed by atoms with Gasteiger partial charge in [-0.2, -0.15) is 0 Å². The highest BCUT2D eigenvalue weighted by atomic mass is 16.5. The van der Waals surface area contributed by atoms with Crippen molar-refractivity contribution in [1.29, 1.82) is 0 Å². The lowest BCUT2D eigenvalue weighted by Crippen LogP contribution is -2.46. The molecule has 0 heterocycles. The Kier molecular flexibility index (Phi) is 5.24. The smallest absolute Gasteiger partial charge is 0.223 e. The third kappa shape index (κ3) is 6.47. The normalized spacial score (nSPS) is 12.7. The van der Waals surface area contributed by atoms with Crippen molar-refractivity contribution in [1.82, 2.24) is 5.32 Å². The molecular formula is C11H23NO3. The molecule has 0 spiro atoms. The van der Waals surface area contributed by atoms with Crippen molar-refractivity contribution in [2.24, 2.45) is 0 Å². The van der Waals surface area contributed by atoms with Crippen molar-refractivity contribution in [3.8, 4) is 0 Å². The highest BCUT2D eigenvalue weighted by molar-refractivity contribution is 5.77. The first-order valence-corrected chi connectivity index (χ1v) is 5.19. The lowest BCUT2D eigenvalue weighted by molar-refractivity contribution is -0.127. The number of carbonyl (C=O) groups is 1. The molecule has 0 saturated heterocycles. The van der Waals surface area contributed by atoms with E-state index in [9.17, 15) is 4.79 Å². The minimum absolute atomic E-state index is 0.0553. The second kappa shape index (κ2) is 5.47. The molecule has 4 nitrogen and oxygen atoms in total. The molecule has 0 aromatic rings. The van der Waals surface area contributed by atoms with Crippen LogP contribution in [0.4, 0.5) is 0 Å². The van der Waals surface area contributed by atoms with Gasteiger partial charge in [-0.05, 0) is 34.1 Å². The van der Waals surface area contributed by atoms with Gasteiger partial charge in [-0.15, -0.1) is 0 Å². The monoisotopic (exact) mass is 217 g/mol. The summed E-state index contributed by atoms with van der Waals surface area (Å²) < 4.78 is 5.17. The maximum absolute atomic E-state index is 11.6. The number of carbonyl (C=O) groups excluding carboxylic acids is 1. The van der Waals surface area contributed by atoms with Gasteiger partial charge in [0, 0.05) is 19.3 Å². The standard InChI is InChI=1S/C11H23NO3/c1-10(2,6-7-13)12-9(14)8-11(3,4)15-5/h13H,6-8H2,1-5H3,(H,12,14). The Labute approximate surface area is 92.0 Å². The lowest BCUT2D eigenvalue weighted by atomic mass is 9.99. The van der Waals surface area contributed by atoms with Crippen LogP contribution in [0.15, 0.2) is 0 Å². The van der Waals surface area contributed by atoms with Crippen LogP contribution in [0.2, 0.25) is 0 Å². The Hall–Kier alpha value is -0.610. The van der Waals surface area contributed by atoms with Gasteiger partial charge in [0.25, 0.3) is 0 Å². The number of aliphatic hydroxyl groups is 1. The summed E-state index contributed by atoms with van der Waals surface area (Å²) in [6.07, 6.45) is 0.866. The summed E-state index contributed by atoms with van der Waals surface area (Å²) in [6.45, 7) is 7.58. The van der Waals surface area contributed by atoms with Crippen LogP contribution >= 0.6 is 0 Å². The highest BCUT2D eigenvalue weighted by Gasteiger charge is 2.25. The van der Waals surface area contributed by atoms with Gasteiger partial charge in [0.15, 0.2) is 0 Å². The molecule has 4 heteroatoms. The van der Waals surface area contributed by atoms with Crippen LogP contribution in [0.1, 0.15) is 40.5 Å². The first-order chi connectivity index (χ1) is 6.72. The van der Waals surface area contributed by atoms with Crippen molar-refractivity contribution in [3.63, 3.8) is 0 Å². The Balaban J connectivity index is 4.14. The van der Waals surface area contributed by atoms with Crippen LogP contribution in [0.5, 0.6) is 0 Å². The zero-order valence-electron chi connectivity index (χ0n) is 10.4. The average Bonchev–Trinajstić information content (AvgIpc) is 2.01. The second-order valence-corrected chi connectivity index (χ2v) is 5.05. The van der Waals surface area contributed by atoms with Gasteiger partial charge in [0.1, 0.15) is 0 Å². The zero-order valence-corrected chi connectivity index (χ0v) is 10.4. The molecule has 0 aromatic carbocycles. The summed E-state index contributed by atoms with van der Waals surface area (Å²) in [5.41, 5.74) is -0.810. The maximum atomic E-state index is 11.6.